The number of hydrogen-bond acceptors (Lipinski definition) is 8. The number of sulfonamides is 1. The first-order valence-corrected chi connectivity index (χ1v) is 16.0. The van der Waals surface area contributed by atoms with Gasteiger partial charge < -0.3 is 20.5 Å². The Morgan fingerprint density at radius 1 is 0.804 bits per heavy atom. The van der Waals surface area contributed by atoms with Gasteiger partial charge in [-0.05, 0) is 80.5 Å². The molecule has 0 bridgehead atoms. The fraction of sp³-hybridized carbons (Fsp3) is 0.483. The van der Waals surface area contributed by atoms with Crippen molar-refractivity contribution < 1.29 is 49.4 Å². The molecule has 0 saturated heterocycles. The number of anilines is 2. The smallest absolute Gasteiger partial charge is 0.475 e. The van der Waals surface area contributed by atoms with Gasteiger partial charge in [0.05, 0.1) is 5.52 Å². The van der Waals surface area contributed by atoms with Crippen LogP contribution < -0.4 is 20.1 Å². The first-order chi connectivity index (χ1) is 21.6. The Morgan fingerprint density at radius 2 is 1.33 bits per heavy atom. The normalized spacial score (nSPS) is 18.7. The maximum absolute atomic E-state index is 12.7. The minimum absolute atomic E-state index is 0.0990. The van der Waals surface area contributed by atoms with Crippen molar-refractivity contribution in [1.29, 1.82) is 0 Å². The van der Waals surface area contributed by atoms with E-state index >= 15 is 0 Å². The van der Waals surface area contributed by atoms with E-state index in [1.54, 1.807) is 0 Å². The first kappa shape index (κ1) is 35.0. The zero-order valence-corrected chi connectivity index (χ0v) is 25.2. The van der Waals surface area contributed by atoms with E-state index in [1.807, 2.05) is 24.3 Å². The molecule has 2 aromatic carbocycles. The van der Waals surface area contributed by atoms with Crippen LogP contribution in [0, 0.1) is 17.8 Å². The highest BCUT2D eigenvalue weighted by molar-refractivity contribution is 7.89. The Kier molecular flexibility index (Phi) is 11.2. The van der Waals surface area contributed by atoms with E-state index in [0.29, 0.717) is 18.4 Å². The summed E-state index contributed by atoms with van der Waals surface area (Å²) in [6.45, 7) is 1.78. The lowest BCUT2D eigenvalue weighted by atomic mass is 9.82. The van der Waals surface area contributed by atoms with Crippen LogP contribution in [0.5, 0.6) is 5.75 Å². The fourth-order valence-electron chi connectivity index (χ4n) is 4.92. The van der Waals surface area contributed by atoms with E-state index in [4.69, 9.17) is 14.9 Å². The van der Waals surface area contributed by atoms with Crippen LogP contribution in [0.15, 0.2) is 53.4 Å². The molecule has 4 N–H and O–H groups in total. The number of aliphatic carboxylic acids is 1. The van der Waals surface area contributed by atoms with Crippen molar-refractivity contribution in [2.45, 2.75) is 56.0 Å². The van der Waals surface area contributed by atoms with Crippen LogP contribution in [0.2, 0.25) is 0 Å². The molecule has 1 aromatic heterocycles. The first-order valence-electron chi connectivity index (χ1n) is 14.5. The van der Waals surface area contributed by atoms with Gasteiger partial charge >= 0.3 is 18.5 Å². The van der Waals surface area contributed by atoms with Crippen LogP contribution in [-0.4, -0.2) is 61.6 Å². The Bertz CT molecular complexity index is 1590. The molecule has 10 nitrogen and oxygen atoms in total. The maximum Gasteiger partial charge on any atom is 0.573 e. The van der Waals surface area contributed by atoms with Crippen LogP contribution in [-0.2, 0) is 14.8 Å². The lowest BCUT2D eigenvalue weighted by Gasteiger charge is -2.28. The van der Waals surface area contributed by atoms with Gasteiger partial charge in [0.1, 0.15) is 16.5 Å². The lowest BCUT2D eigenvalue weighted by Crippen LogP contribution is -2.33. The van der Waals surface area contributed by atoms with Gasteiger partial charge in [0.25, 0.3) is 0 Å². The number of alkyl halides is 6. The van der Waals surface area contributed by atoms with Crippen molar-refractivity contribution in [2.75, 3.05) is 30.3 Å². The minimum Gasteiger partial charge on any atom is -0.475 e. The summed E-state index contributed by atoms with van der Waals surface area (Å²) >= 11 is 0. The molecular formula is C29H33F6N5O5S. The molecule has 0 radical (unpaired) electrons. The monoisotopic (exact) mass is 677 g/mol. The third-order valence-corrected chi connectivity index (χ3v) is 9.01. The van der Waals surface area contributed by atoms with Crippen LogP contribution in [0.1, 0.15) is 38.5 Å². The van der Waals surface area contributed by atoms with Gasteiger partial charge in [-0.2, -0.15) is 18.2 Å². The van der Waals surface area contributed by atoms with Gasteiger partial charge in [-0.25, -0.2) is 22.9 Å². The Hall–Kier alpha value is -3.86. The molecule has 2 saturated carbocycles. The fourth-order valence-corrected chi connectivity index (χ4v) is 6.16. The summed E-state index contributed by atoms with van der Waals surface area (Å²) in [6, 6.07) is 12.7. The third kappa shape index (κ3) is 10.6. The predicted octanol–water partition coefficient (Wildman–Crippen LogP) is 6.18. The lowest BCUT2D eigenvalue weighted by molar-refractivity contribution is -0.275. The molecule has 3 aromatic rings. The maximum atomic E-state index is 12.7. The molecule has 252 valence electrons. The number of carboxylic acid groups (broad SMARTS) is 1. The quantitative estimate of drug-likeness (QED) is 0.175. The number of aromatic nitrogens is 2. The highest BCUT2D eigenvalue weighted by Gasteiger charge is 2.38. The highest BCUT2D eigenvalue weighted by atomic mass is 32.2. The minimum atomic E-state index is -5.08. The number of rotatable bonds is 11. The number of ether oxygens (including phenoxy) is 1. The number of para-hydroxylation sites is 2. The molecule has 1 heterocycles. The third-order valence-electron chi connectivity index (χ3n) is 7.54. The van der Waals surface area contributed by atoms with Gasteiger partial charge in [-0.3, -0.25) is 0 Å². The molecule has 2 aliphatic carbocycles. The molecule has 17 heteroatoms. The van der Waals surface area contributed by atoms with Crippen LogP contribution in [0.25, 0.3) is 10.9 Å². The molecular weight excluding hydrogens is 644 g/mol. The molecule has 0 amide bonds. The standard InChI is InChI=1S/C27H32F3N5O3S.C2HF3O2/c28-27(29,30)38-23-7-3-4-8-24(23)39(36,37)33-17-20-13-11-19(12-14-20)16-32-26-34-22-6-2-1-5-21(22)25(35-26)31-15-18-9-10-18;3-2(4,5)1(6)7/h1-8,18-20,33H,9-17H2,(H2,31,32,34,35);(H,6,7). The number of nitrogens with zero attached hydrogens (tertiary/aromatic N) is 2. The van der Waals surface area contributed by atoms with Crippen molar-refractivity contribution >= 4 is 38.7 Å². The summed E-state index contributed by atoms with van der Waals surface area (Å²) in [5.41, 5.74) is 0.881. The van der Waals surface area contributed by atoms with Crippen molar-refractivity contribution in [3.63, 3.8) is 0 Å². The number of carbonyl (C=O) groups is 1. The Labute approximate surface area is 261 Å². The van der Waals surface area contributed by atoms with Gasteiger partial charge in [0, 0.05) is 25.0 Å². The molecule has 0 atom stereocenters. The van der Waals surface area contributed by atoms with E-state index < -0.39 is 39.2 Å². The zero-order chi connectivity index (χ0) is 33.5. The molecule has 0 unspecified atom stereocenters. The van der Waals surface area contributed by atoms with E-state index in [9.17, 15) is 34.8 Å². The number of nitrogens with one attached hydrogen (secondary N) is 3. The van der Waals surface area contributed by atoms with E-state index in [1.165, 1.54) is 25.0 Å². The van der Waals surface area contributed by atoms with Crippen LogP contribution >= 0.6 is 0 Å². The van der Waals surface area contributed by atoms with Gasteiger partial charge in [-0.1, -0.05) is 24.3 Å². The molecule has 0 aliphatic heterocycles. The topological polar surface area (TPSA) is 143 Å². The molecule has 5 rings (SSSR count). The largest absolute Gasteiger partial charge is 0.573 e. The molecule has 46 heavy (non-hydrogen) atoms. The summed E-state index contributed by atoms with van der Waals surface area (Å²) in [4.78, 5) is 17.8. The SMILES string of the molecule is O=C(O)C(F)(F)F.O=S(=O)(NCC1CCC(CNc2nc(NCC3CC3)c3ccccc3n2)CC1)c1ccccc1OC(F)(F)F. The van der Waals surface area contributed by atoms with Crippen LogP contribution in [0.3, 0.4) is 0 Å². The second kappa shape index (κ2) is 14.7. The summed E-state index contributed by atoms with van der Waals surface area (Å²) in [6.07, 6.45) is -4.15. The van der Waals surface area contributed by atoms with Gasteiger partial charge in [0.15, 0.2) is 0 Å². The van der Waals surface area contributed by atoms with Crippen LogP contribution in [0.4, 0.5) is 38.1 Å². The summed E-state index contributed by atoms with van der Waals surface area (Å²) in [5.74, 6) is -0.868. The average molecular weight is 678 g/mol. The second-order valence-electron chi connectivity index (χ2n) is 11.2. The molecule has 2 fully saturated rings. The second-order valence-corrected chi connectivity index (χ2v) is 12.9. The zero-order valence-electron chi connectivity index (χ0n) is 24.4. The van der Waals surface area contributed by atoms with Crippen molar-refractivity contribution in [2.24, 2.45) is 17.8 Å². The number of fused-ring (bicyclic) bond motifs is 1. The van der Waals surface area contributed by atoms with Gasteiger partial charge in [0.2, 0.25) is 16.0 Å². The van der Waals surface area contributed by atoms with E-state index in [0.717, 1.165) is 67.0 Å². The van der Waals surface area contributed by atoms with E-state index in [-0.39, 0.29) is 12.5 Å². The van der Waals surface area contributed by atoms with E-state index in [2.05, 4.69) is 25.1 Å². The summed E-state index contributed by atoms with van der Waals surface area (Å²) in [5, 5.41) is 15.0. The summed E-state index contributed by atoms with van der Waals surface area (Å²) in [7, 11) is -4.16. The number of benzene rings is 2. The average Bonchev–Trinajstić information content (AvgIpc) is 3.82. The highest BCUT2D eigenvalue weighted by Crippen LogP contribution is 2.32. The van der Waals surface area contributed by atoms with Crippen molar-refractivity contribution in [1.82, 2.24) is 14.7 Å². The molecule has 0 spiro atoms. The Morgan fingerprint density at radius 3 is 1.91 bits per heavy atom. The van der Waals surface area contributed by atoms with Crippen molar-refractivity contribution in [3.05, 3.63) is 48.5 Å². The van der Waals surface area contributed by atoms with Crippen molar-refractivity contribution in [3.8, 4) is 5.75 Å². The Balaban J connectivity index is 0.000000617. The van der Waals surface area contributed by atoms with Gasteiger partial charge in [-0.15, -0.1) is 13.2 Å². The number of carboxylic acids is 1. The predicted molar refractivity (Wildman–Crippen MR) is 157 cm³/mol. The number of halogens is 6. The number of hydrogen-bond donors (Lipinski definition) is 4. The molecule has 2 aliphatic rings. The summed E-state index contributed by atoms with van der Waals surface area (Å²) < 4.78 is 102.